The Bertz CT molecular complexity index is 126. The van der Waals surface area contributed by atoms with E-state index >= 15 is 0 Å². The third-order valence-corrected chi connectivity index (χ3v) is 1.04. The summed E-state index contributed by atoms with van der Waals surface area (Å²) in [5.41, 5.74) is 0. The first-order valence-electron chi connectivity index (χ1n) is 5.60. The third kappa shape index (κ3) is 36.0. The van der Waals surface area contributed by atoms with Crippen molar-refractivity contribution in [2.45, 2.75) is 102 Å². The molecule has 3 heteroatoms. The van der Waals surface area contributed by atoms with E-state index in [1.165, 1.54) is 0 Å². The summed E-state index contributed by atoms with van der Waals surface area (Å²) in [6.45, 7) is 15.3. The highest BCUT2D eigenvalue weighted by Gasteiger charge is 2.21. The molecule has 0 heterocycles. The van der Waals surface area contributed by atoms with Gasteiger partial charge < -0.3 is 14.6 Å². The maximum atomic E-state index is 8.06. The van der Waals surface area contributed by atoms with Gasteiger partial charge in [0.1, 0.15) is 0 Å². The van der Waals surface area contributed by atoms with Gasteiger partial charge in [0.25, 0.3) is 0 Å². The van der Waals surface area contributed by atoms with Crippen LogP contribution in [0.15, 0.2) is 0 Å². The zero-order valence-corrected chi connectivity index (χ0v) is 11.5. The maximum Gasteiger partial charge on any atom is 0.163 e. The number of hydrogen-bond acceptors (Lipinski definition) is 3. The highest BCUT2D eigenvalue weighted by atomic mass is 16.7. The van der Waals surface area contributed by atoms with Gasteiger partial charge in [-0.15, -0.1) is 0 Å². The van der Waals surface area contributed by atoms with E-state index < -0.39 is 5.79 Å². The SMILES string of the molecule is C.C.C.CC(C)O.CC(C)OC(C)(C)OC(C)C. The Kier molecular flexibility index (Phi) is 25.5. The summed E-state index contributed by atoms with van der Waals surface area (Å²) < 4.78 is 11.1. The zero-order chi connectivity index (χ0) is 12.6. The summed E-state index contributed by atoms with van der Waals surface area (Å²) in [4.78, 5) is 0. The van der Waals surface area contributed by atoms with E-state index in [0.29, 0.717) is 0 Å². The monoisotopic (exact) mass is 268 g/mol. The van der Waals surface area contributed by atoms with Gasteiger partial charge in [0.05, 0.1) is 12.2 Å². The van der Waals surface area contributed by atoms with Gasteiger partial charge in [-0.1, -0.05) is 22.3 Å². The fourth-order valence-corrected chi connectivity index (χ4v) is 1.16. The van der Waals surface area contributed by atoms with Crippen molar-refractivity contribution in [1.29, 1.82) is 0 Å². The van der Waals surface area contributed by atoms with Gasteiger partial charge in [-0.25, -0.2) is 0 Å². The van der Waals surface area contributed by atoms with Gasteiger partial charge in [-0.2, -0.15) is 0 Å². The molecule has 0 saturated heterocycles. The fraction of sp³-hybridized carbons (Fsp3) is 1.00. The molecule has 0 aliphatic heterocycles. The number of aliphatic hydroxyl groups is 1. The second-order valence-corrected chi connectivity index (χ2v) is 4.83. The molecule has 0 aromatic rings. The van der Waals surface area contributed by atoms with Crippen molar-refractivity contribution in [2.24, 2.45) is 0 Å². The molecule has 0 saturated carbocycles. The van der Waals surface area contributed by atoms with Crippen molar-refractivity contribution in [3.63, 3.8) is 0 Å². The van der Waals surface area contributed by atoms with Crippen LogP contribution >= 0.6 is 0 Å². The van der Waals surface area contributed by atoms with E-state index in [1.54, 1.807) is 13.8 Å². The van der Waals surface area contributed by atoms with E-state index in [9.17, 15) is 0 Å². The van der Waals surface area contributed by atoms with Gasteiger partial charge in [-0.3, -0.25) is 0 Å². The van der Waals surface area contributed by atoms with Crippen molar-refractivity contribution in [3.8, 4) is 0 Å². The Hall–Kier alpha value is -0.120. The quantitative estimate of drug-likeness (QED) is 0.739. The van der Waals surface area contributed by atoms with Crippen LogP contribution in [0, 0.1) is 0 Å². The van der Waals surface area contributed by atoms with Crippen LogP contribution in [0.25, 0.3) is 0 Å². The third-order valence-electron chi connectivity index (χ3n) is 1.04. The Morgan fingerprint density at radius 3 is 1.00 bits per heavy atom. The lowest BCUT2D eigenvalue weighted by Gasteiger charge is -2.29. The molecule has 118 valence electrons. The van der Waals surface area contributed by atoms with Crippen molar-refractivity contribution >= 4 is 0 Å². The molecule has 0 bridgehead atoms. The molecule has 0 aliphatic carbocycles. The molecule has 0 amide bonds. The van der Waals surface area contributed by atoms with Crippen LogP contribution in [-0.2, 0) is 9.47 Å². The first kappa shape index (κ1) is 30.7. The Morgan fingerprint density at radius 1 is 0.722 bits per heavy atom. The van der Waals surface area contributed by atoms with E-state index in [4.69, 9.17) is 14.6 Å². The van der Waals surface area contributed by atoms with Gasteiger partial charge in [0, 0.05) is 6.10 Å². The molecule has 0 atom stereocenters. The van der Waals surface area contributed by atoms with E-state index in [0.717, 1.165) is 0 Å². The number of hydrogen-bond donors (Lipinski definition) is 1. The van der Waals surface area contributed by atoms with Gasteiger partial charge >= 0.3 is 0 Å². The summed E-state index contributed by atoms with van der Waals surface area (Å²) in [5, 5.41) is 8.06. The maximum absolute atomic E-state index is 8.06. The molecule has 0 aromatic heterocycles. The van der Waals surface area contributed by atoms with Gasteiger partial charge in [0.2, 0.25) is 0 Å². The van der Waals surface area contributed by atoms with Crippen LogP contribution in [-0.4, -0.2) is 29.2 Å². The van der Waals surface area contributed by atoms with Crippen molar-refractivity contribution in [1.82, 2.24) is 0 Å². The molecule has 0 fully saturated rings. The van der Waals surface area contributed by atoms with E-state index in [1.807, 2.05) is 41.5 Å². The fourth-order valence-electron chi connectivity index (χ4n) is 1.16. The molecular weight excluding hydrogens is 228 g/mol. The van der Waals surface area contributed by atoms with Crippen LogP contribution in [0.2, 0.25) is 0 Å². The second kappa shape index (κ2) is 14.9. The topological polar surface area (TPSA) is 38.7 Å². The van der Waals surface area contributed by atoms with Crippen LogP contribution in [0.4, 0.5) is 0 Å². The first-order chi connectivity index (χ1) is 6.57. The lowest BCUT2D eigenvalue weighted by atomic mass is 10.3. The van der Waals surface area contributed by atoms with Crippen molar-refractivity contribution in [3.05, 3.63) is 0 Å². The molecule has 1 N–H and O–H groups in total. The highest BCUT2D eigenvalue weighted by Crippen LogP contribution is 2.15. The summed E-state index contributed by atoms with van der Waals surface area (Å²) in [6, 6.07) is 0. The Labute approximate surface area is 117 Å². The molecular formula is C15H40O3. The van der Waals surface area contributed by atoms with Crippen molar-refractivity contribution < 1.29 is 14.6 Å². The predicted octanol–water partition coefficient (Wildman–Crippen LogP) is 4.87. The highest BCUT2D eigenvalue weighted by molar-refractivity contribution is 4.57. The van der Waals surface area contributed by atoms with Crippen LogP contribution in [0.1, 0.15) is 77.7 Å². The molecule has 0 radical (unpaired) electrons. The second-order valence-electron chi connectivity index (χ2n) is 4.83. The van der Waals surface area contributed by atoms with Gasteiger partial charge in [0.15, 0.2) is 5.79 Å². The lowest BCUT2D eigenvalue weighted by Crippen LogP contribution is -2.33. The molecule has 0 aromatic carbocycles. The molecule has 0 rings (SSSR count). The van der Waals surface area contributed by atoms with Crippen LogP contribution in [0.5, 0.6) is 0 Å². The Morgan fingerprint density at radius 2 is 0.889 bits per heavy atom. The van der Waals surface area contributed by atoms with Crippen LogP contribution < -0.4 is 0 Å². The summed E-state index contributed by atoms with van der Waals surface area (Å²) >= 11 is 0. The zero-order valence-electron chi connectivity index (χ0n) is 11.5. The Balaban J connectivity index is -0.0000000712. The largest absolute Gasteiger partial charge is 0.394 e. The van der Waals surface area contributed by atoms with Crippen LogP contribution in [0.3, 0.4) is 0 Å². The molecule has 3 nitrogen and oxygen atoms in total. The molecule has 0 unspecified atom stereocenters. The smallest absolute Gasteiger partial charge is 0.163 e. The average molecular weight is 268 g/mol. The molecule has 0 aliphatic rings. The number of ether oxygens (including phenoxy) is 2. The minimum absolute atomic E-state index is 0. The summed E-state index contributed by atoms with van der Waals surface area (Å²) in [5.74, 6) is -0.456. The van der Waals surface area contributed by atoms with E-state index in [2.05, 4.69) is 0 Å². The standard InChI is InChI=1S/C9H20O2.C3H8O.3CH4/c1-7(2)10-9(5,6)11-8(3)4;1-3(2)4;;;/h7-8H,1-6H3;3-4H,1-2H3;3*1H4. The molecule has 0 spiro atoms. The van der Waals surface area contributed by atoms with Crippen molar-refractivity contribution in [2.75, 3.05) is 0 Å². The minimum Gasteiger partial charge on any atom is -0.394 e. The van der Waals surface area contributed by atoms with Gasteiger partial charge in [-0.05, 0) is 55.4 Å². The number of aliphatic hydroxyl groups excluding tert-OH is 1. The van der Waals surface area contributed by atoms with E-state index in [-0.39, 0.29) is 40.6 Å². The molecule has 18 heavy (non-hydrogen) atoms. The normalized spacial score (nSPS) is 10.0. The first-order valence-corrected chi connectivity index (χ1v) is 5.60. The average Bonchev–Trinajstić information content (AvgIpc) is 1.75. The minimum atomic E-state index is -0.456. The summed E-state index contributed by atoms with van der Waals surface area (Å²) in [6.07, 6.45) is 0.257. The number of rotatable bonds is 4. The lowest BCUT2D eigenvalue weighted by molar-refractivity contribution is -0.246. The predicted molar refractivity (Wildman–Crippen MR) is 84.1 cm³/mol. The summed E-state index contributed by atoms with van der Waals surface area (Å²) in [7, 11) is 0.